The molecular formula is C15H13ClN2O3S. The Labute approximate surface area is 136 Å². The predicted octanol–water partition coefficient (Wildman–Crippen LogP) is 2.64. The van der Waals surface area contributed by atoms with Gasteiger partial charge in [-0.05, 0) is 29.7 Å². The van der Waals surface area contributed by atoms with Gasteiger partial charge >= 0.3 is 0 Å². The molecule has 2 amide bonds. The molecule has 0 unspecified atom stereocenters. The molecule has 0 saturated carbocycles. The first-order valence-corrected chi connectivity index (χ1v) is 7.58. The van der Waals surface area contributed by atoms with Crippen LogP contribution in [0.1, 0.15) is 4.88 Å². The van der Waals surface area contributed by atoms with E-state index in [9.17, 15) is 9.59 Å². The number of para-hydroxylation sites is 1. The molecule has 0 aliphatic heterocycles. The molecule has 0 spiro atoms. The second-order valence-corrected chi connectivity index (χ2v) is 5.49. The first kappa shape index (κ1) is 16.1. The molecule has 7 heteroatoms. The van der Waals surface area contributed by atoms with Crippen LogP contribution in [0.15, 0.2) is 47.9 Å². The minimum atomic E-state index is -0.488. The molecule has 0 aliphatic rings. The molecule has 22 heavy (non-hydrogen) atoms. The van der Waals surface area contributed by atoms with Gasteiger partial charge in [0.1, 0.15) is 5.75 Å². The average Bonchev–Trinajstić information content (AvgIpc) is 3.03. The van der Waals surface area contributed by atoms with Gasteiger partial charge in [-0.3, -0.25) is 20.4 Å². The van der Waals surface area contributed by atoms with E-state index in [-0.39, 0.29) is 6.61 Å². The van der Waals surface area contributed by atoms with E-state index in [1.807, 2.05) is 17.5 Å². The molecule has 0 saturated heterocycles. The molecule has 1 heterocycles. The molecule has 0 radical (unpaired) electrons. The van der Waals surface area contributed by atoms with Gasteiger partial charge in [0.05, 0.1) is 5.02 Å². The van der Waals surface area contributed by atoms with Gasteiger partial charge in [-0.25, -0.2) is 0 Å². The smallest absolute Gasteiger partial charge is 0.276 e. The lowest BCUT2D eigenvalue weighted by molar-refractivity contribution is -0.128. The lowest BCUT2D eigenvalue weighted by Crippen LogP contribution is -2.43. The second kappa shape index (κ2) is 8.21. The van der Waals surface area contributed by atoms with Crippen LogP contribution in [0.5, 0.6) is 5.75 Å². The van der Waals surface area contributed by atoms with Crippen LogP contribution in [-0.2, 0) is 9.59 Å². The molecule has 5 nitrogen and oxygen atoms in total. The van der Waals surface area contributed by atoms with E-state index in [0.717, 1.165) is 4.88 Å². The standard InChI is InChI=1S/C15H13ClN2O3S/c16-12-5-1-2-6-13(12)21-10-15(20)18-17-14(19)8-7-11-4-3-9-22-11/h1-9H,10H2,(H,17,19)(H,18,20). The van der Waals surface area contributed by atoms with E-state index in [0.29, 0.717) is 10.8 Å². The molecule has 1 aromatic carbocycles. The highest BCUT2D eigenvalue weighted by molar-refractivity contribution is 7.10. The lowest BCUT2D eigenvalue weighted by atomic mass is 10.3. The number of halogens is 1. The summed E-state index contributed by atoms with van der Waals surface area (Å²) >= 11 is 7.40. The molecule has 0 bridgehead atoms. The van der Waals surface area contributed by atoms with Gasteiger partial charge in [0, 0.05) is 11.0 Å². The fourth-order valence-electron chi connectivity index (χ4n) is 1.46. The van der Waals surface area contributed by atoms with Crippen molar-refractivity contribution in [2.75, 3.05) is 6.61 Å². The first-order chi connectivity index (χ1) is 10.6. The first-order valence-electron chi connectivity index (χ1n) is 6.33. The molecule has 1 aromatic heterocycles. The minimum absolute atomic E-state index is 0.251. The van der Waals surface area contributed by atoms with E-state index in [2.05, 4.69) is 10.9 Å². The van der Waals surface area contributed by atoms with Crippen LogP contribution in [0.2, 0.25) is 5.02 Å². The minimum Gasteiger partial charge on any atom is -0.482 e. The molecule has 2 rings (SSSR count). The number of hydrogen-bond acceptors (Lipinski definition) is 4. The summed E-state index contributed by atoms with van der Waals surface area (Å²) in [5, 5.41) is 2.32. The normalized spacial score (nSPS) is 10.4. The number of rotatable bonds is 5. The number of benzene rings is 1. The summed E-state index contributed by atoms with van der Waals surface area (Å²) in [5.74, 6) is -0.513. The number of ether oxygens (including phenoxy) is 1. The maximum absolute atomic E-state index is 11.5. The van der Waals surface area contributed by atoms with Crippen molar-refractivity contribution in [3.8, 4) is 5.75 Å². The Balaban J connectivity index is 1.71. The zero-order valence-corrected chi connectivity index (χ0v) is 13.0. The number of amides is 2. The van der Waals surface area contributed by atoms with Crippen LogP contribution in [0.4, 0.5) is 0 Å². The van der Waals surface area contributed by atoms with Crippen molar-refractivity contribution in [1.29, 1.82) is 0 Å². The van der Waals surface area contributed by atoms with Crippen molar-refractivity contribution < 1.29 is 14.3 Å². The average molecular weight is 337 g/mol. The van der Waals surface area contributed by atoms with Gasteiger partial charge in [0.2, 0.25) is 0 Å². The number of nitrogens with one attached hydrogen (secondary N) is 2. The maximum atomic E-state index is 11.5. The van der Waals surface area contributed by atoms with Crippen LogP contribution >= 0.6 is 22.9 Å². The predicted molar refractivity (Wildman–Crippen MR) is 86.6 cm³/mol. The van der Waals surface area contributed by atoms with Crippen LogP contribution in [0.3, 0.4) is 0 Å². The quantitative estimate of drug-likeness (QED) is 0.651. The third-order valence-electron chi connectivity index (χ3n) is 2.46. The summed E-state index contributed by atoms with van der Waals surface area (Å²) in [6, 6.07) is 10.6. The number of hydrazine groups is 1. The van der Waals surface area contributed by atoms with Gasteiger partial charge in [-0.15, -0.1) is 11.3 Å². The van der Waals surface area contributed by atoms with E-state index in [1.54, 1.807) is 30.3 Å². The van der Waals surface area contributed by atoms with E-state index >= 15 is 0 Å². The Morgan fingerprint density at radius 1 is 1.18 bits per heavy atom. The van der Waals surface area contributed by atoms with Gasteiger partial charge < -0.3 is 4.74 Å². The summed E-state index contributed by atoms with van der Waals surface area (Å²) in [6.45, 7) is -0.251. The van der Waals surface area contributed by atoms with Crippen LogP contribution in [0, 0.1) is 0 Å². The Morgan fingerprint density at radius 3 is 2.73 bits per heavy atom. The molecular weight excluding hydrogens is 324 g/mol. The van der Waals surface area contributed by atoms with Crippen molar-refractivity contribution in [3.63, 3.8) is 0 Å². The Bertz CT molecular complexity index is 671. The van der Waals surface area contributed by atoms with Crippen LogP contribution in [0.25, 0.3) is 6.08 Å². The molecule has 114 valence electrons. The van der Waals surface area contributed by atoms with Crippen molar-refractivity contribution in [2.45, 2.75) is 0 Å². The van der Waals surface area contributed by atoms with Crippen molar-refractivity contribution in [3.05, 3.63) is 57.8 Å². The highest BCUT2D eigenvalue weighted by atomic mass is 35.5. The molecule has 0 fully saturated rings. The largest absolute Gasteiger partial charge is 0.482 e. The summed E-state index contributed by atoms with van der Waals surface area (Å²) in [6.07, 6.45) is 2.99. The molecule has 0 aliphatic carbocycles. The fourth-order valence-corrected chi connectivity index (χ4v) is 2.27. The van der Waals surface area contributed by atoms with Gasteiger partial charge in [0.15, 0.2) is 6.61 Å². The van der Waals surface area contributed by atoms with Crippen molar-refractivity contribution >= 4 is 40.8 Å². The second-order valence-electron chi connectivity index (χ2n) is 4.11. The maximum Gasteiger partial charge on any atom is 0.276 e. The summed E-state index contributed by atoms with van der Waals surface area (Å²) in [5.41, 5.74) is 4.51. The molecule has 2 aromatic rings. The number of thiophene rings is 1. The van der Waals surface area contributed by atoms with Crippen LogP contribution < -0.4 is 15.6 Å². The Hall–Kier alpha value is -2.31. The Kier molecular flexibility index (Phi) is 6.00. The monoisotopic (exact) mass is 336 g/mol. The van der Waals surface area contributed by atoms with Gasteiger partial charge in [0.25, 0.3) is 11.8 Å². The third-order valence-corrected chi connectivity index (χ3v) is 3.61. The molecule has 2 N–H and O–H groups in total. The highest BCUT2D eigenvalue weighted by Gasteiger charge is 2.05. The zero-order valence-electron chi connectivity index (χ0n) is 11.4. The summed E-state index contributed by atoms with van der Waals surface area (Å²) < 4.78 is 5.24. The van der Waals surface area contributed by atoms with E-state index in [4.69, 9.17) is 16.3 Å². The number of carbonyl (C=O) groups is 2. The summed E-state index contributed by atoms with van der Waals surface area (Å²) in [7, 11) is 0. The summed E-state index contributed by atoms with van der Waals surface area (Å²) in [4.78, 5) is 24.0. The van der Waals surface area contributed by atoms with E-state index in [1.165, 1.54) is 17.4 Å². The number of carbonyl (C=O) groups excluding carboxylic acids is 2. The van der Waals surface area contributed by atoms with Crippen molar-refractivity contribution in [1.82, 2.24) is 10.9 Å². The lowest BCUT2D eigenvalue weighted by Gasteiger charge is -2.08. The molecule has 0 atom stereocenters. The van der Waals surface area contributed by atoms with E-state index < -0.39 is 11.8 Å². The highest BCUT2D eigenvalue weighted by Crippen LogP contribution is 2.22. The Morgan fingerprint density at radius 2 is 2.00 bits per heavy atom. The van der Waals surface area contributed by atoms with Gasteiger partial charge in [-0.2, -0.15) is 0 Å². The number of hydrogen-bond donors (Lipinski definition) is 2. The zero-order chi connectivity index (χ0) is 15.8. The topological polar surface area (TPSA) is 67.4 Å². The SMILES string of the molecule is O=C(C=Cc1cccs1)NNC(=O)COc1ccccc1Cl. The third kappa shape index (κ3) is 5.23. The fraction of sp³-hybridized carbons (Fsp3) is 0.0667. The van der Waals surface area contributed by atoms with Crippen molar-refractivity contribution in [2.24, 2.45) is 0 Å². The van der Waals surface area contributed by atoms with Gasteiger partial charge in [-0.1, -0.05) is 29.8 Å². The van der Waals surface area contributed by atoms with Crippen LogP contribution in [-0.4, -0.2) is 18.4 Å².